The number of benzene rings is 1. The SMILES string of the molecule is CCc1cc[c]c(C#N)c1CC. The van der Waals surface area contributed by atoms with Crippen LogP contribution >= 0.6 is 0 Å². The fourth-order valence-electron chi connectivity index (χ4n) is 1.41. The minimum atomic E-state index is 0.705. The van der Waals surface area contributed by atoms with Crippen molar-refractivity contribution in [1.82, 2.24) is 0 Å². The third-order valence-electron chi connectivity index (χ3n) is 2.05. The van der Waals surface area contributed by atoms with Crippen LogP contribution in [0.1, 0.15) is 30.5 Å². The normalized spacial score (nSPS) is 9.42. The molecule has 0 saturated heterocycles. The molecule has 1 radical (unpaired) electrons. The summed E-state index contributed by atoms with van der Waals surface area (Å²) in [7, 11) is 0. The monoisotopic (exact) mass is 158 g/mol. The van der Waals surface area contributed by atoms with Crippen LogP contribution in [-0.2, 0) is 12.8 Å². The Morgan fingerprint density at radius 1 is 1.42 bits per heavy atom. The molecule has 1 nitrogen and oxygen atoms in total. The van der Waals surface area contributed by atoms with Gasteiger partial charge in [-0.1, -0.05) is 26.0 Å². The lowest BCUT2D eigenvalue weighted by molar-refractivity contribution is 1.03. The average Bonchev–Trinajstić information content (AvgIpc) is 2.16. The van der Waals surface area contributed by atoms with Crippen molar-refractivity contribution in [3.8, 4) is 6.07 Å². The highest BCUT2D eigenvalue weighted by Gasteiger charge is 2.03. The first-order chi connectivity index (χ1) is 5.83. The van der Waals surface area contributed by atoms with Crippen molar-refractivity contribution in [2.45, 2.75) is 26.7 Å². The number of nitriles is 1. The lowest BCUT2D eigenvalue weighted by atomic mass is 9.98. The number of hydrogen-bond donors (Lipinski definition) is 0. The van der Waals surface area contributed by atoms with Crippen LogP contribution in [-0.4, -0.2) is 0 Å². The van der Waals surface area contributed by atoms with E-state index in [0.717, 1.165) is 18.4 Å². The van der Waals surface area contributed by atoms with Gasteiger partial charge < -0.3 is 0 Å². The maximum absolute atomic E-state index is 8.79. The van der Waals surface area contributed by atoms with E-state index < -0.39 is 0 Å². The Bertz CT molecular complexity index is 307. The molecule has 0 amide bonds. The van der Waals surface area contributed by atoms with E-state index >= 15 is 0 Å². The summed E-state index contributed by atoms with van der Waals surface area (Å²) >= 11 is 0. The molecule has 0 aromatic heterocycles. The van der Waals surface area contributed by atoms with Gasteiger partial charge in [-0.2, -0.15) is 5.26 Å². The van der Waals surface area contributed by atoms with E-state index in [1.54, 1.807) is 0 Å². The zero-order valence-corrected chi connectivity index (χ0v) is 7.52. The van der Waals surface area contributed by atoms with E-state index in [2.05, 4.69) is 26.0 Å². The molecule has 61 valence electrons. The van der Waals surface area contributed by atoms with Gasteiger partial charge in [0, 0.05) is 6.07 Å². The molecule has 0 unspecified atom stereocenters. The fourth-order valence-corrected chi connectivity index (χ4v) is 1.41. The average molecular weight is 158 g/mol. The predicted octanol–water partition coefficient (Wildman–Crippen LogP) is 2.48. The second kappa shape index (κ2) is 3.92. The highest BCUT2D eigenvalue weighted by molar-refractivity contribution is 5.41. The smallest absolute Gasteiger partial charge is 0.100 e. The van der Waals surface area contributed by atoms with Gasteiger partial charge in [-0.15, -0.1) is 0 Å². The summed E-state index contributed by atoms with van der Waals surface area (Å²) in [4.78, 5) is 0. The van der Waals surface area contributed by atoms with Crippen LogP contribution in [0.5, 0.6) is 0 Å². The van der Waals surface area contributed by atoms with E-state index in [-0.39, 0.29) is 0 Å². The molecule has 1 rings (SSSR count). The molecule has 1 heteroatoms. The summed E-state index contributed by atoms with van der Waals surface area (Å²) in [6.07, 6.45) is 1.91. The Morgan fingerprint density at radius 2 is 2.17 bits per heavy atom. The number of nitrogens with zero attached hydrogens (tertiary/aromatic N) is 1. The first kappa shape index (κ1) is 8.80. The molecule has 0 aliphatic rings. The molecular formula is C11H12N. The number of hydrogen-bond acceptors (Lipinski definition) is 1. The maximum Gasteiger partial charge on any atom is 0.100 e. The lowest BCUT2D eigenvalue weighted by Crippen LogP contribution is -1.94. The van der Waals surface area contributed by atoms with Gasteiger partial charge in [-0.3, -0.25) is 0 Å². The van der Waals surface area contributed by atoms with E-state index in [9.17, 15) is 0 Å². The minimum Gasteiger partial charge on any atom is -0.192 e. The molecule has 0 spiro atoms. The molecule has 0 aliphatic carbocycles. The Kier molecular flexibility index (Phi) is 2.88. The van der Waals surface area contributed by atoms with E-state index in [1.807, 2.05) is 12.1 Å². The quantitative estimate of drug-likeness (QED) is 0.648. The second-order valence-electron chi connectivity index (χ2n) is 2.68. The molecular weight excluding hydrogens is 146 g/mol. The fraction of sp³-hybridized carbons (Fsp3) is 0.364. The second-order valence-corrected chi connectivity index (χ2v) is 2.68. The van der Waals surface area contributed by atoms with Gasteiger partial charge >= 0.3 is 0 Å². The van der Waals surface area contributed by atoms with Crippen LogP contribution in [0.2, 0.25) is 0 Å². The predicted molar refractivity (Wildman–Crippen MR) is 48.7 cm³/mol. The summed E-state index contributed by atoms with van der Waals surface area (Å²) in [5, 5.41) is 8.79. The standard InChI is InChI=1S/C11H12N/c1-3-9-6-5-7-10(8-12)11(9)4-2/h5-6H,3-4H2,1-2H3. The van der Waals surface area contributed by atoms with Crippen molar-refractivity contribution in [2.24, 2.45) is 0 Å². The summed E-state index contributed by atoms with van der Waals surface area (Å²) in [6, 6.07) is 8.99. The molecule has 0 fully saturated rings. The molecule has 0 aliphatic heterocycles. The van der Waals surface area contributed by atoms with Crippen molar-refractivity contribution in [3.63, 3.8) is 0 Å². The first-order valence-corrected chi connectivity index (χ1v) is 4.26. The summed E-state index contributed by atoms with van der Waals surface area (Å²) in [6.45, 7) is 4.18. The largest absolute Gasteiger partial charge is 0.192 e. The van der Waals surface area contributed by atoms with Gasteiger partial charge in [0.2, 0.25) is 0 Å². The van der Waals surface area contributed by atoms with Crippen LogP contribution < -0.4 is 0 Å². The third kappa shape index (κ3) is 1.48. The molecule has 1 aromatic carbocycles. The van der Waals surface area contributed by atoms with Crippen molar-refractivity contribution in [1.29, 1.82) is 5.26 Å². The number of aryl methyl sites for hydroxylation is 1. The van der Waals surface area contributed by atoms with E-state index in [0.29, 0.717) is 5.56 Å². The zero-order chi connectivity index (χ0) is 8.97. The Morgan fingerprint density at radius 3 is 2.67 bits per heavy atom. The van der Waals surface area contributed by atoms with Gasteiger partial charge in [0.05, 0.1) is 5.56 Å². The van der Waals surface area contributed by atoms with Gasteiger partial charge in [0.1, 0.15) is 6.07 Å². The third-order valence-corrected chi connectivity index (χ3v) is 2.05. The minimum absolute atomic E-state index is 0.705. The highest BCUT2D eigenvalue weighted by Crippen LogP contribution is 2.14. The molecule has 0 heterocycles. The maximum atomic E-state index is 8.79. The summed E-state index contributed by atoms with van der Waals surface area (Å²) in [5.41, 5.74) is 3.13. The van der Waals surface area contributed by atoms with Gasteiger partial charge in [-0.25, -0.2) is 0 Å². The molecule has 0 bridgehead atoms. The van der Waals surface area contributed by atoms with Crippen molar-refractivity contribution >= 4 is 0 Å². The van der Waals surface area contributed by atoms with Crippen LogP contribution in [0.4, 0.5) is 0 Å². The van der Waals surface area contributed by atoms with E-state index in [1.165, 1.54) is 5.56 Å². The first-order valence-electron chi connectivity index (χ1n) is 4.26. The van der Waals surface area contributed by atoms with Gasteiger partial charge in [0.15, 0.2) is 0 Å². The Labute approximate surface area is 73.6 Å². The molecule has 1 aromatic rings. The summed E-state index contributed by atoms with van der Waals surface area (Å²) < 4.78 is 0. The molecule has 0 atom stereocenters. The van der Waals surface area contributed by atoms with E-state index in [4.69, 9.17) is 5.26 Å². The molecule has 0 N–H and O–H groups in total. The van der Waals surface area contributed by atoms with Crippen molar-refractivity contribution in [3.05, 3.63) is 34.9 Å². The van der Waals surface area contributed by atoms with Crippen molar-refractivity contribution in [2.75, 3.05) is 0 Å². The van der Waals surface area contributed by atoms with Crippen molar-refractivity contribution < 1.29 is 0 Å². The lowest BCUT2D eigenvalue weighted by Gasteiger charge is -2.05. The Balaban J connectivity index is 3.24. The zero-order valence-electron chi connectivity index (χ0n) is 7.52. The van der Waals surface area contributed by atoms with Gasteiger partial charge in [-0.05, 0) is 24.0 Å². The van der Waals surface area contributed by atoms with Crippen LogP contribution in [0.25, 0.3) is 0 Å². The van der Waals surface area contributed by atoms with Crippen LogP contribution in [0.3, 0.4) is 0 Å². The molecule has 12 heavy (non-hydrogen) atoms. The van der Waals surface area contributed by atoms with Crippen LogP contribution in [0, 0.1) is 17.4 Å². The van der Waals surface area contributed by atoms with Gasteiger partial charge in [0.25, 0.3) is 0 Å². The topological polar surface area (TPSA) is 23.8 Å². The molecule has 0 saturated carbocycles. The Hall–Kier alpha value is -1.29. The highest BCUT2D eigenvalue weighted by atomic mass is 14.2. The number of rotatable bonds is 2. The van der Waals surface area contributed by atoms with Crippen LogP contribution in [0.15, 0.2) is 12.1 Å². The summed E-state index contributed by atoms with van der Waals surface area (Å²) in [5.74, 6) is 0.